The summed E-state index contributed by atoms with van der Waals surface area (Å²) >= 11 is 6.06. The molecule has 2 aliphatic rings. The van der Waals surface area contributed by atoms with E-state index >= 15 is 0 Å². The lowest BCUT2D eigenvalue weighted by molar-refractivity contribution is -0.146. The van der Waals surface area contributed by atoms with Crippen LogP contribution in [0.2, 0.25) is 5.02 Å². The first kappa shape index (κ1) is 15.3. The van der Waals surface area contributed by atoms with Crippen molar-refractivity contribution in [1.82, 2.24) is 4.90 Å². The monoisotopic (exact) mass is 320 g/mol. The number of anilines is 1. The van der Waals surface area contributed by atoms with Crippen molar-refractivity contribution >= 4 is 29.1 Å². The van der Waals surface area contributed by atoms with Crippen molar-refractivity contribution in [3.8, 4) is 0 Å². The lowest BCUT2D eigenvalue weighted by atomic mass is 9.84. The molecular formula is C17H21ClN2O2. The summed E-state index contributed by atoms with van der Waals surface area (Å²) in [6, 6.07) is 5.16. The minimum Gasteiger partial charge on any atom is -0.329 e. The SMILES string of the molecule is Cc1ccc(Cl)cc1N1CCN(C(=O)C2CCC2)[C@H](C)C1=O. The van der Waals surface area contributed by atoms with Crippen LogP contribution in [0, 0.1) is 12.8 Å². The fraction of sp³-hybridized carbons (Fsp3) is 0.529. The van der Waals surface area contributed by atoms with Crippen LogP contribution in [0.3, 0.4) is 0 Å². The Morgan fingerprint density at radius 2 is 2.00 bits per heavy atom. The number of hydrogen-bond donors (Lipinski definition) is 0. The summed E-state index contributed by atoms with van der Waals surface area (Å²) in [6.45, 7) is 4.91. The van der Waals surface area contributed by atoms with Crippen LogP contribution in [0.25, 0.3) is 0 Å². The van der Waals surface area contributed by atoms with Crippen LogP contribution in [-0.4, -0.2) is 35.8 Å². The van der Waals surface area contributed by atoms with E-state index < -0.39 is 6.04 Å². The summed E-state index contributed by atoms with van der Waals surface area (Å²) in [5, 5.41) is 0.619. The van der Waals surface area contributed by atoms with Gasteiger partial charge in [-0.2, -0.15) is 0 Å². The first-order valence-electron chi connectivity index (χ1n) is 7.87. The standard InChI is InChI=1S/C17H21ClN2O2/c1-11-6-7-14(18)10-15(11)20-9-8-19(12(2)16(20)21)17(22)13-4-3-5-13/h6-7,10,12-13H,3-5,8-9H2,1-2H3/t12-/m1/s1. The number of aryl methyl sites for hydroxylation is 1. The van der Waals surface area contributed by atoms with Crippen molar-refractivity contribution in [3.63, 3.8) is 0 Å². The Hall–Kier alpha value is -1.55. The van der Waals surface area contributed by atoms with Gasteiger partial charge in [0.05, 0.1) is 0 Å². The Morgan fingerprint density at radius 1 is 1.27 bits per heavy atom. The Balaban J connectivity index is 1.79. The van der Waals surface area contributed by atoms with Gasteiger partial charge in [-0.1, -0.05) is 24.1 Å². The van der Waals surface area contributed by atoms with Gasteiger partial charge in [0.1, 0.15) is 6.04 Å². The molecule has 0 spiro atoms. The molecule has 1 aromatic carbocycles. The number of hydrogen-bond acceptors (Lipinski definition) is 2. The number of halogens is 1. The van der Waals surface area contributed by atoms with Crippen molar-refractivity contribution in [2.45, 2.75) is 39.2 Å². The first-order chi connectivity index (χ1) is 10.5. The zero-order chi connectivity index (χ0) is 15.9. The van der Waals surface area contributed by atoms with Gasteiger partial charge >= 0.3 is 0 Å². The molecule has 1 saturated carbocycles. The molecule has 118 valence electrons. The summed E-state index contributed by atoms with van der Waals surface area (Å²) in [4.78, 5) is 28.7. The molecule has 2 fully saturated rings. The smallest absolute Gasteiger partial charge is 0.249 e. The van der Waals surface area contributed by atoms with Crippen molar-refractivity contribution in [2.24, 2.45) is 5.92 Å². The van der Waals surface area contributed by atoms with Crippen LogP contribution in [0.15, 0.2) is 18.2 Å². The lowest BCUT2D eigenvalue weighted by Crippen LogP contribution is -2.59. The van der Waals surface area contributed by atoms with E-state index in [0.29, 0.717) is 18.1 Å². The molecule has 1 heterocycles. The van der Waals surface area contributed by atoms with Crippen molar-refractivity contribution in [2.75, 3.05) is 18.0 Å². The van der Waals surface area contributed by atoms with Gasteiger partial charge in [0.2, 0.25) is 11.8 Å². The van der Waals surface area contributed by atoms with E-state index in [0.717, 1.165) is 30.5 Å². The minimum absolute atomic E-state index is 0.0238. The van der Waals surface area contributed by atoms with Gasteiger partial charge in [0, 0.05) is 29.7 Å². The topological polar surface area (TPSA) is 40.6 Å². The minimum atomic E-state index is -0.403. The normalized spacial score (nSPS) is 22.7. The molecule has 0 bridgehead atoms. The zero-order valence-electron chi connectivity index (χ0n) is 13.0. The van der Waals surface area contributed by atoms with Crippen LogP contribution >= 0.6 is 11.6 Å². The quantitative estimate of drug-likeness (QED) is 0.840. The second kappa shape index (κ2) is 5.92. The third-order valence-electron chi connectivity index (χ3n) is 4.85. The van der Waals surface area contributed by atoms with Gasteiger partial charge in [-0.3, -0.25) is 9.59 Å². The van der Waals surface area contributed by atoms with Crippen LogP contribution in [-0.2, 0) is 9.59 Å². The molecule has 0 aromatic heterocycles. The Bertz CT molecular complexity index is 613. The lowest BCUT2D eigenvalue weighted by Gasteiger charge is -2.42. The molecule has 1 saturated heterocycles. The highest BCUT2D eigenvalue weighted by Crippen LogP contribution is 2.31. The number of amides is 2. The Labute approximate surface area is 136 Å². The van der Waals surface area contributed by atoms with E-state index in [-0.39, 0.29) is 17.7 Å². The largest absolute Gasteiger partial charge is 0.329 e. The molecule has 5 heteroatoms. The predicted molar refractivity (Wildman–Crippen MR) is 87.1 cm³/mol. The number of carbonyl (C=O) groups excluding carboxylic acids is 2. The highest BCUT2D eigenvalue weighted by atomic mass is 35.5. The third kappa shape index (κ3) is 2.60. The average molecular weight is 321 g/mol. The van der Waals surface area contributed by atoms with E-state index in [1.54, 1.807) is 9.80 Å². The summed E-state index contributed by atoms with van der Waals surface area (Å²) in [5.74, 6) is 0.258. The van der Waals surface area contributed by atoms with Gasteiger partial charge in [-0.25, -0.2) is 0 Å². The molecule has 0 N–H and O–H groups in total. The van der Waals surface area contributed by atoms with E-state index in [9.17, 15) is 9.59 Å². The van der Waals surface area contributed by atoms with Gasteiger partial charge < -0.3 is 9.80 Å². The molecule has 1 aliphatic heterocycles. The Morgan fingerprint density at radius 3 is 2.64 bits per heavy atom. The van der Waals surface area contributed by atoms with E-state index in [1.807, 2.05) is 32.0 Å². The molecule has 0 radical (unpaired) electrons. The molecule has 22 heavy (non-hydrogen) atoms. The van der Waals surface area contributed by atoms with Gasteiger partial charge in [0.25, 0.3) is 0 Å². The summed E-state index contributed by atoms with van der Waals surface area (Å²) in [5.41, 5.74) is 1.86. The Kier molecular flexibility index (Phi) is 4.13. The molecular weight excluding hydrogens is 300 g/mol. The van der Waals surface area contributed by atoms with Crippen LogP contribution in [0.1, 0.15) is 31.7 Å². The van der Waals surface area contributed by atoms with E-state index in [2.05, 4.69) is 0 Å². The fourth-order valence-electron chi connectivity index (χ4n) is 3.17. The van der Waals surface area contributed by atoms with Gasteiger partial charge in [0.15, 0.2) is 0 Å². The molecule has 1 aliphatic carbocycles. The second-order valence-electron chi connectivity index (χ2n) is 6.26. The summed E-state index contributed by atoms with van der Waals surface area (Å²) < 4.78 is 0. The van der Waals surface area contributed by atoms with E-state index in [1.165, 1.54) is 0 Å². The van der Waals surface area contributed by atoms with Crippen LogP contribution < -0.4 is 4.90 Å². The molecule has 0 unspecified atom stereocenters. The van der Waals surface area contributed by atoms with Crippen molar-refractivity contribution in [3.05, 3.63) is 28.8 Å². The molecule has 4 nitrogen and oxygen atoms in total. The highest BCUT2D eigenvalue weighted by molar-refractivity contribution is 6.31. The molecule has 1 atom stereocenters. The number of benzene rings is 1. The number of carbonyl (C=O) groups is 2. The highest BCUT2D eigenvalue weighted by Gasteiger charge is 2.39. The van der Waals surface area contributed by atoms with Crippen molar-refractivity contribution < 1.29 is 9.59 Å². The third-order valence-corrected chi connectivity index (χ3v) is 5.09. The molecule has 1 aromatic rings. The van der Waals surface area contributed by atoms with Crippen LogP contribution in [0.5, 0.6) is 0 Å². The van der Waals surface area contributed by atoms with E-state index in [4.69, 9.17) is 11.6 Å². The molecule has 3 rings (SSSR count). The number of piperazine rings is 1. The number of rotatable bonds is 2. The fourth-order valence-corrected chi connectivity index (χ4v) is 3.34. The maximum absolute atomic E-state index is 12.7. The van der Waals surface area contributed by atoms with Gasteiger partial charge in [-0.05, 0) is 44.4 Å². The predicted octanol–water partition coefficient (Wildman–Crippen LogP) is 3.01. The first-order valence-corrected chi connectivity index (χ1v) is 8.25. The summed E-state index contributed by atoms with van der Waals surface area (Å²) in [7, 11) is 0. The maximum atomic E-state index is 12.7. The van der Waals surface area contributed by atoms with Crippen LogP contribution in [0.4, 0.5) is 5.69 Å². The zero-order valence-corrected chi connectivity index (χ0v) is 13.8. The molecule has 2 amide bonds. The van der Waals surface area contributed by atoms with Crippen molar-refractivity contribution in [1.29, 1.82) is 0 Å². The maximum Gasteiger partial charge on any atom is 0.249 e. The summed E-state index contributed by atoms with van der Waals surface area (Å²) in [6.07, 6.45) is 3.06. The number of nitrogens with zero attached hydrogens (tertiary/aromatic N) is 2. The average Bonchev–Trinajstić information content (AvgIpc) is 2.43. The second-order valence-corrected chi connectivity index (χ2v) is 6.69. The van der Waals surface area contributed by atoms with Gasteiger partial charge in [-0.15, -0.1) is 0 Å².